The highest BCUT2D eigenvalue weighted by atomic mass is 15.3. The topological polar surface area (TPSA) is 50.1 Å². The lowest BCUT2D eigenvalue weighted by molar-refractivity contribution is 0.284. The van der Waals surface area contributed by atoms with Crippen molar-refractivity contribution in [2.24, 2.45) is 0 Å². The molecule has 0 aliphatic carbocycles. The van der Waals surface area contributed by atoms with E-state index < -0.39 is 0 Å². The first-order valence-corrected chi connectivity index (χ1v) is 9.73. The predicted molar refractivity (Wildman–Crippen MR) is 113 cm³/mol. The van der Waals surface area contributed by atoms with Gasteiger partial charge in [-0.3, -0.25) is 4.90 Å². The average molecular weight is 374 g/mol. The summed E-state index contributed by atoms with van der Waals surface area (Å²) in [5.41, 5.74) is 4.92. The van der Waals surface area contributed by atoms with Gasteiger partial charge in [0.15, 0.2) is 5.82 Å². The fourth-order valence-corrected chi connectivity index (χ4v) is 3.64. The van der Waals surface area contributed by atoms with Gasteiger partial charge in [0.1, 0.15) is 6.33 Å². The van der Waals surface area contributed by atoms with Crippen molar-refractivity contribution >= 4 is 11.8 Å². The van der Waals surface area contributed by atoms with Crippen LogP contribution in [0, 0.1) is 13.8 Å². The van der Waals surface area contributed by atoms with Gasteiger partial charge in [0, 0.05) is 56.2 Å². The molecule has 0 spiro atoms. The highest BCUT2D eigenvalue weighted by molar-refractivity contribution is 5.54. The molecule has 0 atom stereocenters. The van der Waals surface area contributed by atoms with Crippen molar-refractivity contribution in [3.05, 3.63) is 71.9 Å². The van der Waals surface area contributed by atoms with Gasteiger partial charge in [-0.2, -0.15) is 5.10 Å². The van der Waals surface area contributed by atoms with Crippen LogP contribution >= 0.6 is 0 Å². The lowest BCUT2D eigenvalue weighted by Gasteiger charge is -2.36. The van der Waals surface area contributed by atoms with E-state index in [1.807, 2.05) is 16.9 Å². The molecule has 0 bridgehead atoms. The Labute approximate surface area is 166 Å². The number of piperazine rings is 1. The third kappa shape index (κ3) is 3.97. The van der Waals surface area contributed by atoms with Gasteiger partial charge in [-0.1, -0.05) is 30.4 Å². The van der Waals surface area contributed by atoms with E-state index in [-0.39, 0.29) is 0 Å². The van der Waals surface area contributed by atoms with E-state index in [0.717, 1.165) is 49.8 Å². The fraction of sp³-hybridized carbons (Fsp3) is 0.318. The first kappa shape index (κ1) is 18.4. The number of nitrogens with zero attached hydrogens (tertiary/aromatic N) is 6. The standard InChI is InChI=1S/C22H26N6/c1-18-6-3-4-8-21(18)27-14-12-26(13-15-27)11-5-7-20-16-25-28(19(20)2)22-9-10-23-17-24-22/h3-10,16-17H,11-15H2,1-2H3/b7-5+. The number of para-hydroxylation sites is 1. The van der Waals surface area contributed by atoms with Gasteiger partial charge in [-0.25, -0.2) is 14.6 Å². The zero-order chi connectivity index (χ0) is 19.3. The average Bonchev–Trinajstić information content (AvgIpc) is 3.10. The van der Waals surface area contributed by atoms with E-state index >= 15 is 0 Å². The van der Waals surface area contributed by atoms with E-state index in [0.29, 0.717) is 0 Å². The Morgan fingerprint density at radius 3 is 2.61 bits per heavy atom. The fourth-order valence-electron chi connectivity index (χ4n) is 3.64. The third-order valence-electron chi connectivity index (χ3n) is 5.32. The van der Waals surface area contributed by atoms with Crippen molar-refractivity contribution < 1.29 is 0 Å². The summed E-state index contributed by atoms with van der Waals surface area (Å²) in [6, 6.07) is 10.5. The summed E-state index contributed by atoms with van der Waals surface area (Å²) >= 11 is 0. The first-order valence-electron chi connectivity index (χ1n) is 9.73. The molecule has 144 valence electrons. The number of aromatic nitrogens is 4. The number of aryl methyl sites for hydroxylation is 1. The summed E-state index contributed by atoms with van der Waals surface area (Å²) in [5, 5.41) is 4.46. The Hall–Kier alpha value is -2.99. The molecule has 0 N–H and O–H groups in total. The summed E-state index contributed by atoms with van der Waals surface area (Å²) in [6.45, 7) is 9.52. The van der Waals surface area contributed by atoms with E-state index in [2.05, 4.69) is 75.1 Å². The predicted octanol–water partition coefficient (Wildman–Crippen LogP) is 3.11. The molecule has 2 aromatic heterocycles. The molecule has 3 heterocycles. The summed E-state index contributed by atoms with van der Waals surface area (Å²) < 4.78 is 1.85. The van der Waals surface area contributed by atoms with Gasteiger partial charge in [0.05, 0.1) is 11.9 Å². The maximum Gasteiger partial charge on any atom is 0.156 e. The molecule has 0 amide bonds. The third-order valence-corrected chi connectivity index (χ3v) is 5.32. The molecule has 1 saturated heterocycles. The second kappa shape index (κ2) is 8.35. The highest BCUT2D eigenvalue weighted by Crippen LogP contribution is 2.21. The second-order valence-corrected chi connectivity index (χ2v) is 7.14. The van der Waals surface area contributed by atoms with Crippen molar-refractivity contribution in [2.45, 2.75) is 13.8 Å². The maximum atomic E-state index is 4.46. The lowest BCUT2D eigenvalue weighted by Crippen LogP contribution is -2.46. The maximum absolute atomic E-state index is 4.46. The minimum absolute atomic E-state index is 0.791. The van der Waals surface area contributed by atoms with Crippen molar-refractivity contribution in [3.63, 3.8) is 0 Å². The molecule has 1 fully saturated rings. The molecule has 6 heteroatoms. The van der Waals surface area contributed by atoms with Crippen LogP contribution in [-0.4, -0.2) is 57.4 Å². The van der Waals surface area contributed by atoms with Gasteiger partial charge >= 0.3 is 0 Å². The Bertz CT molecular complexity index is 939. The summed E-state index contributed by atoms with van der Waals surface area (Å²) in [6.07, 6.45) is 9.56. The van der Waals surface area contributed by atoms with E-state index in [1.54, 1.807) is 12.5 Å². The van der Waals surface area contributed by atoms with Crippen LogP contribution in [0.5, 0.6) is 0 Å². The van der Waals surface area contributed by atoms with Crippen LogP contribution < -0.4 is 4.90 Å². The van der Waals surface area contributed by atoms with E-state index in [4.69, 9.17) is 0 Å². The number of hydrogen-bond acceptors (Lipinski definition) is 5. The number of hydrogen-bond donors (Lipinski definition) is 0. The SMILES string of the molecule is Cc1ccccc1N1CCN(C/C=C/c2cnn(-c3ccncn3)c2C)CC1. The molecule has 6 nitrogen and oxygen atoms in total. The Balaban J connectivity index is 1.33. The monoisotopic (exact) mass is 374 g/mol. The van der Waals surface area contributed by atoms with Crippen molar-refractivity contribution in [1.82, 2.24) is 24.6 Å². The van der Waals surface area contributed by atoms with E-state index in [9.17, 15) is 0 Å². The molecule has 4 rings (SSSR count). The smallest absolute Gasteiger partial charge is 0.156 e. The minimum Gasteiger partial charge on any atom is -0.369 e. The van der Waals surface area contributed by atoms with Gasteiger partial charge in [-0.05, 0) is 25.5 Å². The van der Waals surface area contributed by atoms with Crippen molar-refractivity contribution in [1.29, 1.82) is 0 Å². The van der Waals surface area contributed by atoms with Crippen LogP contribution in [-0.2, 0) is 0 Å². The van der Waals surface area contributed by atoms with Gasteiger partial charge in [-0.15, -0.1) is 0 Å². The van der Waals surface area contributed by atoms with E-state index in [1.165, 1.54) is 11.3 Å². The number of rotatable bonds is 5. The quantitative estimate of drug-likeness (QED) is 0.687. The first-order chi connectivity index (χ1) is 13.7. The van der Waals surface area contributed by atoms with Crippen LogP contribution in [0.2, 0.25) is 0 Å². The molecule has 28 heavy (non-hydrogen) atoms. The molecule has 0 saturated carbocycles. The van der Waals surface area contributed by atoms with Crippen LogP contribution in [0.1, 0.15) is 16.8 Å². The van der Waals surface area contributed by atoms with Gasteiger partial charge < -0.3 is 4.90 Å². The van der Waals surface area contributed by atoms with Crippen LogP contribution in [0.15, 0.2) is 55.1 Å². The molecule has 3 aromatic rings. The number of benzene rings is 1. The summed E-state index contributed by atoms with van der Waals surface area (Å²) in [7, 11) is 0. The number of anilines is 1. The molecule has 1 aliphatic rings. The Kier molecular flexibility index (Phi) is 5.48. The van der Waals surface area contributed by atoms with Crippen LogP contribution in [0.4, 0.5) is 5.69 Å². The van der Waals surface area contributed by atoms with Crippen LogP contribution in [0.3, 0.4) is 0 Å². The lowest BCUT2D eigenvalue weighted by atomic mass is 10.1. The summed E-state index contributed by atoms with van der Waals surface area (Å²) in [5.74, 6) is 0.791. The normalized spacial score (nSPS) is 15.4. The van der Waals surface area contributed by atoms with Crippen LogP contribution in [0.25, 0.3) is 11.9 Å². The zero-order valence-corrected chi connectivity index (χ0v) is 16.5. The summed E-state index contributed by atoms with van der Waals surface area (Å²) in [4.78, 5) is 13.2. The second-order valence-electron chi connectivity index (χ2n) is 7.14. The van der Waals surface area contributed by atoms with Crippen molar-refractivity contribution in [2.75, 3.05) is 37.6 Å². The molecule has 0 radical (unpaired) electrons. The van der Waals surface area contributed by atoms with Crippen molar-refractivity contribution in [3.8, 4) is 5.82 Å². The highest BCUT2D eigenvalue weighted by Gasteiger charge is 2.17. The molecular formula is C22H26N6. The molecule has 1 aliphatic heterocycles. The Morgan fingerprint density at radius 2 is 1.86 bits per heavy atom. The van der Waals surface area contributed by atoms with Gasteiger partial charge in [0.25, 0.3) is 0 Å². The Morgan fingerprint density at radius 1 is 1.04 bits per heavy atom. The zero-order valence-electron chi connectivity index (χ0n) is 16.5. The molecular weight excluding hydrogens is 348 g/mol. The minimum atomic E-state index is 0.791. The molecule has 1 aromatic carbocycles. The molecule has 0 unspecified atom stereocenters. The largest absolute Gasteiger partial charge is 0.369 e. The van der Waals surface area contributed by atoms with Gasteiger partial charge in [0.2, 0.25) is 0 Å².